The van der Waals surface area contributed by atoms with Crippen LogP contribution in [0.5, 0.6) is 0 Å². The fourth-order valence-corrected chi connectivity index (χ4v) is 1.60. The topological polar surface area (TPSA) is 21.3 Å². The summed E-state index contributed by atoms with van der Waals surface area (Å²) in [5.74, 6) is 0. The third-order valence-corrected chi connectivity index (χ3v) is 2.69. The van der Waals surface area contributed by atoms with Crippen molar-refractivity contribution < 1.29 is 4.74 Å². The van der Waals surface area contributed by atoms with Crippen molar-refractivity contribution in [3.63, 3.8) is 0 Å². The average Bonchev–Trinajstić information content (AvgIpc) is 2.37. The van der Waals surface area contributed by atoms with Gasteiger partial charge in [-0.2, -0.15) is 0 Å². The van der Waals surface area contributed by atoms with E-state index < -0.39 is 0 Å². The average molecular weight is 235 g/mol. The van der Waals surface area contributed by atoms with E-state index in [0.717, 1.165) is 32.7 Å². The van der Waals surface area contributed by atoms with Crippen LogP contribution in [0.15, 0.2) is 24.3 Å². The van der Waals surface area contributed by atoms with Crippen LogP contribution in [0.25, 0.3) is 0 Å². The molecule has 0 atom stereocenters. The summed E-state index contributed by atoms with van der Waals surface area (Å²) in [6, 6.07) is 8.69. The van der Waals surface area contributed by atoms with Gasteiger partial charge in [0.1, 0.15) is 0 Å². The van der Waals surface area contributed by atoms with Crippen LogP contribution in [-0.2, 0) is 17.9 Å². The molecular formula is C15H25NO. The lowest BCUT2D eigenvalue weighted by atomic mass is 10.1. The first-order valence-corrected chi connectivity index (χ1v) is 6.73. The second kappa shape index (κ2) is 9.20. The zero-order valence-electron chi connectivity index (χ0n) is 11.2. The Labute approximate surface area is 105 Å². The molecule has 1 rings (SSSR count). The van der Waals surface area contributed by atoms with Crippen molar-refractivity contribution in [3.05, 3.63) is 35.4 Å². The molecule has 0 unspecified atom stereocenters. The summed E-state index contributed by atoms with van der Waals surface area (Å²) in [7, 11) is 0. The predicted octanol–water partition coefficient (Wildman–Crippen LogP) is 3.50. The van der Waals surface area contributed by atoms with Crippen molar-refractivity contribution in [1.29, 1.82) is 0 Å². The molecule has 1 aromatic carbocycles. The second-order valence-electron chi connectivity index (χ2n) is 4.40. The number of ether oxygens (including phenoxy) is 1. The Balaban J connectivity index is 2.24. The lowest BCUT2D eigenvalue weighted by Gasteiger charge is -2.06. The molecule has 2 heteroatoms. The Morgan fingerprint density at radius 3 is 2.35 bits per heavy atom. The summed E-state index contributed by atoms with van der Waals surface area (Å²) in [5, 5.41) is 3.40. The Hall–Kier alpha value is -0.860. The lowest BCUT2D eigenvalue weighted by molar-refractivity contribution is 0.118. The van der Waals surface area contributed by atoms with Crippen molar-refractivity contribution in [1.82, 2.24) is 5.32 Å². The lowest BCUT2D eigenvalue weighted by Crippen LogP contribution is -2.13. The molecule has 0 saturated carbocycles. The first-order valence-electron chi connectivity index (χ1n) is 6.73. The monoisotopic (exact) mass is 235 g/mol. The SMILES string of the molecule is CCCCOCc1ccc(CNCCC)cc1. The fraction of sp³-hybridized carbons (Fsp3) is 0.600. The van der Waals surface area contributed by atoms with Gasteiger partial charge in [-0.05, 0) is 30.5 Å². The van der Waals surface area contributed by atoms with Gasteiger partial charge in [0, 0.05) is 13.2 Å². The first kappa shape index (κ1) is 14.2. The molecule has 0 aliphatic rings. The third-order valence-electron chi connectivity index (χ3n) is 2.69. The normalized spacial score (nSPS) is 10.7. The summed E-state index contributed by atoms with van der Waals surface area (Å²) in [4.78, 5) is 0. The number of unbranched alkanes of at least 4 members (excludes halogenated alkanes) is 1. The zero-order chi connectivity index (χ0) is 12.3. The predicted molar refractivity (Wildman–Crippen MR) is 73.0 cm³/mol. The van der Waals surface area contributed by atoms with Gasteiger partial charge in [0.2, 0.25) is 0 Å². The van der Waals surface area contributed by atoms with E-state index in [1.165, 1.54) is 24.0 Å². The Bertz CT molecular complexity index is 281. The van der Waals surface area contributed by atoms with Gasteiger partial charge in [-0.25, -0.2) is 0 Å². The maximum Gasteiger partial charge on any atom is 0.0716 e. The van der Waals surface area contributed by atoms with Crippen LogP contribution >= 0.6 is 0 Å². The highest BCUT2D eigenvalue weighted by Gasteiger charge is 1.95. The largest absolute Gasteiger partial charge is 0.377 e. The van der Waals surface area contributed by atoms with E-state index in [4.69, 9.17) is 4.74 Å². The summed E-state index contributed by atoms with van der Waals surface area (Å²) < 4.78 is 5.58. The molecule has 1 aromatic rings. The van der Waals surface area contributed by atoms with E-state index in [-0.39, 0.29) is 0 Å². The third kappa shape index (κ3) is 6.44. The molecule has 2 nitrogen and oxygen atoms in total. The molecule has 0 aliphatic carbocycles. The van der Waals surface area contributed by atoms with Gasteiger partial charge in [0.05, 0.1) is 6.61 Å². The van der Waals surface area contributed by atoms with Crippen molar-refractivity contribution in [2.24, 2.45) is 0 Å². The molecule has 0 aliphatic heterocycles. The van der Waals surface area contributed by atoms with Gasteiger partial charge in [-0.3, -0.25) is 0 Å². The van der Waals surface area contributed by atoms with Crippen LogP contribution in [0.4, 0.5) is 0 Å². The number of rotatable bonds is 9. The van der Waals surface area contributed by atoms with E-state index in [9.17, 15) is 0 Å². The van der Waals surface area contributed by atoms with Crippen molar-refractivity contribution >= 4 is 0 Å². The summed E-state index contributed by atoms with van der Waals surface area (Å²) in [6.45, 7) is 8.02. The van der Waals surface area contributed by atoms with Gasteiger partial charge in [0.15, 0.2) is 0 Å². The summed E-state index contributed by atoms with van der Waals surface area (Å²) in [5.41, 5.74) is 2.61. The number of hydrogen-bond donors (Lipinski definition) is 1. The molecule has 0 aromatic heterocycles. The van der Waals surface area contributed by atoms with Crippen molar-refractivity contribution in [2.75, 3.05) is 13.2 Å². The summed E-state index contributed by atoms with van der Waals surface area (Å²) in [6.07, 6.45) is 3.53. The number of nitrogens with one attached hydrogen (secondary N) is 1. The standard InChI is InChI=1S/C15H25NO/c1-3-5-11-17-13-15-8-6-14(7-9-15)12-16-10-4-2/h6-9,16H,3-5,10-13H2,1-2H3. The van der Waals surface area contributed by atoms with Gasteiger partial charge in [-0.1, -0.05) is 44.5 Å². The van der Waals surface area contributed by atoms with Gasteiger partial charge < -0.3 is 10.1 Å². The maximum atomic E-state index is 5.58. The number of hydrogen-bond acceptors (Lipinski definition) is 2. The van der Waals surface area contributed by atoms with Crippen LogP contribution in [-0.4, -0.2) is 13.2 Å². The molecule has 0 bridgehead atoms. The molecule has 96 valence electrons. The van der Waals surface area contributed by atoms with E-state index in [1.807, 2.05) is 0 Å². The van der Waals surface area contributed by atoms with E-state index in [0.29, 0.717) is 0 Å². The molecule has 1 N–H and O–H groups in total. The summed E-state index contributed by atoms with van der Waals surface area (Å²) >= 11 is 0. The maximum absolute atomic E-state index is 5.58. The molecule has 0 spiro atoms. The fourth-order valence-electron chi connectivity index (χ4n) is 1.60. The molecule has 17 heavy (non-hydrogen) atoms. The van der Waals surface area contributed by atoms with Crippen LogP contribution in [0.2, 0.25) is 0 Å². The van der Waals surface area contributed by atoms with Crippen LogP contribution in [0.1, 0.15) is 44.2 Å². The van der Waals surface area contributed by atoms with Crippen LogP contribution < -0.4 is 5.32 Å². The van der Waals surface area contributed by atoms with Crippen molar-refractivity contribution in [3.8, 4) is 0 Å². The van der Waals surface area contributed by atoms with E-state index in [2.05, 4.69) is 43.4 Å². The molecule has 0 amide bonds. The van der Waals surface area contributed by atoms with Crippen molar-refractivity contribution in [2.45, 2.75) is 46.3 Å². The molecular weight excluding hydrogens is 210 g/mol. The van der Waals surface area contributed by atoms with E-state index in [1.54, 1.807) is 0 Å². The van der Waals surface area contributed by atoms with Gasteiger partial charge >= 0.3 is 0 Å². The van der Waals surface area contributed by atoms with Crippen LogP contribution in [0.3, 0.4) is 0 Å². The highest BCUT2D eigenvalue weighted by Crippen LogP contribution is 2.06. The number of benzene rings is 1. The van der Waals surface area contributed by atoms with Crippen LogP contribution in [0, 0.1) is 0 Å². The highest BCUT2D eigenvalue weighted by atomic mass is 16.5. The smallest absolute Gasteiger partial charge is 0.0716 e. The Morgan fingerprint density at radius 2 is 1.71 bits per heavy atom. The molecule has 0 saturated heterocycles. The minimum Gasteiger partial charge on any atom is -0.377 e. The van der Waals surface area contributed by atoms with E-state index >= 15 is 0 Å². The minimum atomic E-state index is 0.739. The minimum absolute atomic E-state index is 0.739. The van der Waals surface area contributed by atoms with Gasteiger partial charge in [0.25, 0.3) is 0 Å². The molecule has 0 fully saturated rings. The molecule has 0 heterocycles. The Morgan fingerprint density at radius 1 is 1.00 bits per heavy atom. The second-order valence-corrected chi connectivity index (χ2v) is 4.40. The molecule has 0 radical (unpaired) electrons. The van der Waals surface area contributed by atoms with Gasteiger partial charge in [-0.15, -0.1) is 0 Å². The Kier molecular flexibility index (Phi) is 7.69. The first-order chi connectivity index (χ1) is 8.36. The highest BCUT2D eigenvalue weighted by molar-refractivity contribution is 5.21. The zero-order valence-corrected chi connectivity index (χ0v) is 11.2. The quantitative estimate of drug-likeness (QED) is 0.661.